The summed E-state index contributed by atoms with van der Waals surface area (Å²) >= 11 is 5.10. The maximum absolute atomic E-state index is 12.6. The average Bonchev–Trinajstić information content (AvgIpc) is 2.92. The molecule has 2 rings (SSSR count). The summed E-state index contributed by atoms with van der Waals surface area (Å²) in [7, 11) is 1.87. The van der Waals surface area contributed by atoms with Gasteiger partial charge in [0.05, 0.1) is 4.99 Å². The van der Waals surface area contributed by atoms with Crippen LogP contribution in [0.5, 0.6) is 0 Å². The molecule has 0 heterocycles. The topological polar surface area (TPSA) is 46.3 Å². The van der Waals surface area contributed by atoms with E-state index in [0.717, 1.165) is 18.4 Å². The van der Waals surface area contributed by atoms with Crippen LogP contribution in [-0.2, 0) is 4.79 Å². The van der Waals surface area contributed by atoms with Crippen molar-refractivity contribution in [2.24, 2.45) is 5.73 Å². The highest BCUT2D eigenvalue weighted by Gasteiger charge is 2.31. The van der Waals surface area contributed by atoms with Crippen LogP contribution in [0.25, 0.3) is 0 Å². The smallest absolute Gasteiger partial charge is 0.236 e. The molecular formula is C15H20N2OS. The predicted octanol–water partition coefficient (Wildman–Crippen LogP) is 2.46. The Morgan fingerprint density at radius 2 is 1.89 bits per heavy atom. The minimum Gasteiger partial charge on any atom is -0.392 e. The van der Waals surface area contributed by atoms with Crippen LogP contribution < -0.4 is 5.73 Å². The number of nitrogens with zero attached hydrogens (tertiary/aromatic N) is 1. The molecule has 1 saturated carbocycles. The van der Waals surface area contributed by atoms with Crippen LogP contribution in [0.15, 0.2) is 30.3 Å². The van der Waals surface area contributed by atoms with Gasteiger partial charge in [-0.05, 0) is 18.4 Å². The number of hydrogen-bond acceptors (Lipinski definition) is 2. The van der Waals surface area contributed by atoms with Gasteiger partial charge in [0.2, 0.25) is 5.91 Å². The standard InChI is InChI=1S/C15H20N2OS/c1-17(12-9-5-6-10-12)15(18)13(14(16)19)11-7-3-2-4-8-11/h2-4,7-8,12-13H,5-6,9-10H2,1H3,(H2,16,19). The molecule has 1 aromatic carbocycles. The minimum absolute atomic E-state index is 0.0191. The molecule has 0 bridgehead atoms. The molecule has 0 aromatic heterocycles. The molecule has 1 fully saturated rings. The fourth-order valence-electron chi connectivity index (χ4n) is 2.75. The van der Waals surface area contributed by atoms with Gasteiger partial charge in [-0.15, -0.1) is 0 Å². The fourth-order valence-corrected chi connectivity index (χ4v) is 2.99. The van der Waals surface area contributed by atoms with Crippen molar-refractivity contribution in [3.63, 3.8) is 0 Å². The van der Waals surface area contributed by atoms with Crippen molar-refractivity contribution in [2.45, 2.75) is 37.6 Å². The average molecular weight is 276 g/mol. The second kappa shape index (κ2) is 6.15. The molecule has 19 heavy (non-hydrogen) atoms. The zero-order valence-electron chi connectivity index (χ0n) is 11.2. The van der Waals surface area contributed by atoms with Gasteiger partial charge in [-0.2, -0.15) is 0 Å². The second-order valence-corrected chi connectivity index (χ2v) is 5.60. The number of hydrogen-bond donors (Lipinski definition) is 1. The zero-order chi connectivity index (χ0) is 13.8. The van der Waals surface area contributed by atoms with E-state index in [1.54, 1.807) is 0 Å². The molecule has 3 nitrogen and oxygen atoms in total. The largest absolute Gasteiger partial charge is 0.392 e. The number of carbonyl (C=O) groups excluding carboxylic acids is 1. The first-order valence-electron chi connectivity index (χ1n) is 6.72. The van der Waals surface area contributed by atoms with Crippen LogP contribution in [0.4, 0.5) is 0 Å². The lowest BCUT2D eigenvalue weighted by molar-refractivity contribution is -0.131. The summed E-state index contributed by atoms with van der Waals surface area (Å²) < 4.78 is 0. The van der Waals surface area contributed by atoms with Gasteiger partial charge in [-0.1, -0.05) is 55.4 Å². The van der Waals surface area contributed by atoms with Crippen LogP contribution >= 0.6 is 12.2 Å². The monoisotopic (exact) mass is 276 g/mol. The van der Waals surface area contributed by atoms with Gasteiger partial charge in [-0.25, -0.2) is 0 Å². The molecule has 1 atom stereocenters. The van der Waals surface area contributed by atoms with Crippen molar-refractivity contribution in [1.82, 2.24) is 4.90 Å². The molecule has 1 unspecified atom stereocenters. The maximum atomic E-state index is 12.6. The molecule has 1 aromatic rings. The first-order valence-corrected chi connectivity index (χ1v) is 7.13. The Balaban J connectivity index is 2.19. The van der Waals surface area contributed by atoms with E-state index in [1.807, 2.05) is 42.3 Å². The van der Waals surface area contributed by atoms with Crippen LogP contribution in [0, 0.1) is 0 Å². The first kappa shape index (κ1) is 14.0. The lowest BCUT2D eigenvalue weighted by atomic mass is 9.97. The molecule has 2 N–H and O–H groups in total. The molecule has 0 radical (unpaired) electrons. The van der Waals surface area contributed by atoms with Crippen molar-refractivity contribution < 1.29 is 4.79 Å². The number of thiocarbonyl (C=S) groups is 1. The van der Waals surface area contributed by atoms with Crippen molar-refractivity contribution in [1.29, 1.82) is 0 Å². The molecule has 102 valence electrons. The highest BCUT2D eigenvalue weighted by Crippen LogP contribution is 2.26. The summed E-state index contributed by atoms with van der Waals surface area (Å²) in [6.45, 7) is 0. The Labute approximate surface area is 119 Å². The summed E-state index contributed by atoms with van der Waals surface area (Å²) in [6, 6.07) is 9.89. The van der Waals surface area contributed by atoms with Crippen molar-refractivity contribution in [2.75, 3.05) is 7.05 Å². The van der Waals surface area contributed by atoms with Gasteiger partial charge in [-0.3, -0.25) is 4.79 Å². The van der Waals surface area contributed by atoms with Gasteiger partial charge in [0.25, 0.3) is 0 Å². The number of likely N-dealkylation sites (N-methyl/N-ethyl adjacent to an activating group) is 1. The van der Waals surface area contributed by atoms with E-state index in [2.05, 4.69) is 0 Å². The lowest BCUT2D eigenvalue weighted by Gasteiger charge is -2.28. The Hall–Kier alpha value is -1.42. The number of rotatable bonds is 4. The van der Waals surface area contributed by atoms with Crippen molar-refractivity contribution >= 4 is 23.1 Å². The first-order chi connectivity index (χ1) is 9.11. The SMILES string of the molecule is CN(C(=O)C(C(N)=S)c1ccccc1)C1CCCC1. The number of carbonyl (C=O) groups is 1. The Kier molecular flexibility index (Phi) is 4.53. The number of benzene rings is 1. The molecule has 1 aliphatic carbocycles. The van der Waals surface area contributed by atoms with E-state index in [9.17, 15) is 4.79 Å². The maximum Gasteiger partial charge on any atom is 0.236 e. The summed E-state index contributed by atoms with van der Waals surface area (Å²) in [5.74, 6) is -0.479. The van der Waals surface area contributed by atoms with Crippen LogP contribution in [-0.4, -0.2) is 28.9 Å². The summed E-state index contributed by atoms with van der Waals surface area (Å²) in [4.78, 5) is 14.7. The van der Waals surface area contributed by atoms with Crippen LogP contribution in [0.2, 0.25) is 0 Å². The van der Waals surface area contributed by atoms with Gasteiger partial charge < -0.3 is 10.6 Å². The van der Waals surface area contributed by atoms with E-state index in [-0.39, 0.29) is 10.9 Å². The molecular weight excluding hydrogens is 256 g/mol. The van der Waals surface area contributed by atoms with E-state index >= 15 is 0 Å². The molecule has 0 aliphatic heterocycles. The van der Waals surface area contributed by atoms with E-state index in [1.165, 1.54) is 12.8 Å². The Morgan fingerprint density at radius 1 is 1.32 bits per heavy atom. The minimum atomic E-state index is -0.498. The number of nitrogens with two attached hydrogens (primary N) is 1. The quantitative estimate of drug-likeness (QED) is 0.859. The number of amides is 1. The summed E-state index contributed by atoms with van der Waals surface area (Å²) in [5.41, 5.74) is 6.67. The second-order valence-electron chi connectivity index (χ2n) is 5.13. The van der Waals surface area contributed by atoms with Crippen LogP contribution in [0.1, 0.15) is 37.2 Å². The Bertz CT molecular complexity index is 454. The zero-order valence-corrected chi connectivity index (χ0v) is 12.0. The molecule has 0 saturated heterocycles. The summed E-state index contributed by atoms with van der Waals surface area (Å²) in [6.07, 6.45) is 4.57. The predicted molar refractivity (Wildman–Crippen MR) is 81.0 cm³/mol. The highest BCUT2D eigenvalue weighted by atomic mass is 32.1. The van der Waals surface area contributed by atoms with Crippen LogP contribution in [0.3, 0.4) is 0 Å². The highest BCUT2D eigenvalue weighted by molar-refractivity contribution is 7.80. The van der Waals surface area contributed by atoms with Gasteiger partial charge in [0.15, 0.2) is 0 Å². The normalized spacial score (nSPS) is 17.1. The van der Waals surface area contributed by atoms with Crippen molar-refractivity contribution in [3.8, 4) is 0 Å². The Morgan fingerprint density at radius 3 is 2.42 bits per heavy atom. The summed E-state index contributed by atoms with van der Waals surface area (Å²) in [5, 5.41) is 0. The fraction of sp³-hybridized carbons (Fsp3) is 0.467. The third-order valence-corrected chi connectivity index (χ3v) is 4.12. The van der Waals surface area contributed by atoms with Crippen molar-refractivity contribution in [3.05, 3.63) is 35.9 Å². The molecule has 1 aliphatic rings. The lowest BCUT2D eigenvalue weighted by Crippen LogP contribution is -2.42. The van der Waals surface area contributed by atoms with E-state index in [4.69, 9.17) is 18.0 Å². The molecule has 1 amide bonds. The van der Waals surface area contributed by atoms with E-state index in [0.29, 0.717) is 6.04 Å². The van der Waals surface area contributed by atoms with Gasteiger partial charge in [0, 0.05) is 13.1 Å². The van der Waals surface area contributed by atoms with Gasteiger partial charge in [0.1, 0.15) is 5.92 Å². The van der Waals surface area contributed by atoms with Gasteiger partial charge >= 0.3 is 0 Å². The third-order valence-electron chi connectivity index (χ3n) is 3.88. The van der Waals surface area contributed by atoms with E-state index < -0.39 is 5.92 Å². The third kappa shape index (κ3) is 3.13. The molecule has 0 spiro atoms. The molecule has 4 heteroatoms.